The van der Waals surface area contributed by atoms with Gasteiger partial charge in [0.1, 0.15) is 5.65 Å². The minimum Gasteiger partial charge on any atom is -0.283 e. The standard InChI is InChI=1S/C21H26N4/c1-5-6-9-16-11-13-17(14-12-16)23-24-20-19(21(2,3)4)22-18-10-7-8-15-25(18)20/h7-8,10-15H,5-6,9H2,1-4H3. The fourth-order valence-corrected chi connectivity index (χ4v) is 2.80. The predicted octanol–water partition coefficient (Wildman–Crippen LogP) is 6.39. The average Bonchev–Trinajstić information content (AvgIpc) is 2.98. The van der Waals surface area contributed by atoms with E-state index >= 15 is 0 Å². The fourth-order valence-electron chi connectivity index (χ4n) is 2.80. The van der Waals surface area contributed by atoms with Gasteiger partial charge in [-0.15, -0.1) is 10.2 Å². The number of aryl methyl sites for hydroxylation is 1. The zero-order valence-corrected chi connectivity index (χ0v) is 15.5. The van der Waals surface area contributed by atoms with Crippen molar-refractivity contribution in [2.24, 2.45) is 10.2 Å². The van der Waals surface area contributed by atoms with Gasteiger partial charge in [-0.25, -0.2) is 4.98 Å². The second-order valence-electron chi connectivity index (χ2n) is 7.43. The Morgan fingerprint density at radius 3 is 2.44 bits per heavy atom. The van der Waals surface area contributed by atoms with Crippen molar-refractivity contribution in [2.75, 3.05) is 0 Å². The van der Waals surface area contributed by atoms with Crippen molar-refractivity contribution in [2.45, 2.75) is 52.4 Å². The Kier molecular flexibility index (Phi) is 4.98. The second-order valence-corrected chi connectivity index (χ2v) is 7.43. The molecular weight excluding hydrogens is 308 g/mol. The molecule has 0 aliphatic heterocycles. The Labute approximate surface area is 149 Å². The van der Waals surface area contributed by atoms with Gasteiger partial charge >= 0.3 is 0 Å². The minimum absolute atomic E-state index is 0.0929. The Morgan fingerprint density at radius 2 is 1.76 bits per heavy atom. The van der Waals surface area contributed by atoms with Crippen molar-refractivity contribution in [3.63, 3.8) is 0 Å². The van der Waals surface area contributed by atoms with Crippen molar-refractivity contribution in [3.05, 3.63) is 59.9 Å². The maximum Gasteiger partial charge on any atom is 0.183 e. The maximum atomic E-state index is 4.75. The number of aromatic nitrogens is 2. The van der Waals surface area contributed by atoms with Crippen LogP contribution < -0.4 is 0 Å². The lowest BCUT2D eigenvalue weighted by atomic mass is 9.92. The van der Waals surface area contributed by atoms with E-state index in [1.54, 1.807) is 0 Å². The zero-order valence-electron chi connectivity index (χ0n) is 15.5. The number of azo groups is 1. The molecule has 0 atom stereocenters. The van der Waals surface area contributed by atoms with Gasteiger partial charge < -0.3 is 0 Å². The van der Waals surface area contributed by atoms with Crippen molar-refractivity contribution >= 4 is 17.2 Å². The van der Waals surface area contributed by atoms with E-state index < -0.39 is 0 Å². The van der Waals surface area contributed by atoms with Crippen LogP contribution in [0.1, 0.15) is 51.8 Å². The van der Waals surface area contributed by atoms with E-state index in [-0.39, 0.29) is 5.41 Å². The smallest absolute Gasteiger partial charge is 0.183 e. The summed E-state index contributed by atoms with van der Waals surface area (Å²) in [6.07, 6.45) is 5.54. The van der Waals surface area contributed by atoms with E-state index in [9.17, 15) is 0 Å². The molecule has 0 aliphatic rings. The number of unbranched alkanes of at least 4 members (excludes halogenated alkanes) is 1. The van der Waals surface area contributed by atoms with Gasteiger partial charge in [0.25, 0.3) is 0 Å². The highest BCUT2D eigenvalue weighted by atomic mass is 15.2. The van der Waals surface area contributed by atoms with E-state index in [1.807, 2.05) is 40.9 Å². The molecule has 0 radical (unpaired) electrons. The zero-order chi connectivity index (χ0) is 17.9. The summed E-state index contributed by atoms with van der Waals surface area (Å²) in [7, 11) is 0. The summed E-state index contributed by atoms with van der Waals surface area (Å²) in [5.74, 6) is 0.804. The number of imidazole rings is 1. The summed E-state index contributed by atoms with van der Waals surface area (Å²) in [6.45, 7) is 8.66. The Balaban J connectivity index is 1.93. The number of benzene rings is 1. The van der Waals surface area contributed by atoms with Gasteiger partial charge in [-0.3, -0.25) is 4.40 Å². The molecule has 0 unspecified atom stereocenters. The van der Waals surface area contributed by atoms with E-state index in [0.717, 1.165) is 29.3 Å². The lowest BCUT2D eigenvalue weighted by molar-refractivity contribution is 0.574. The third-order valence-corrected chi connectivity index (χ3v) is 4.23. The second kappa shape index (κ2) is 7.18. The largest absolute Gasteiger partial charge is 0.283 e. The third kappa shape index (κ3) is 3.95. The van der Waals surface area contributed by atoms with Crippen LogP contribution in [-0.2, 0) is 11.8 Å². The summed E-state index contributed by atoms with van der Waals surface area (Å²) < 4.78 is 2.00. The van der Waals surface area contributed by atoms with Crippen LogP contribution in [0.15, 0.2) is 58.9 Å². The van der Waals surface area contributed by atoms with Crippen LogP contribution in [0.4, 0.5) is 11.5 Å². The summed E-state index contributed by atoms with van der Waals surface area (Å²) in [5.41, 5.74) is 3.99. The molecule has 2 aromatic heterocycles. The first-order valence-electron chi connectivity index (χ1n) is 8.97. The Hall–Kier alpha value is -2.49. The number of hydrogen-bond donors (Lipinski definition) is 0. The summed E-state index contributed by atoms with van der Waals surface area (Å²) >= 11 is 0. The summed E-state index contributed by atoms with van der Waals surface area (Å²) in [4.78, 5) is 4.75. The SMILES string of the molecule is CCCCc1ccc(N=Nc2c(C(C)(C)C)nc3ccccn23)cc1. The molecule has 3 aromatic rings. The third-order valence-electron chi connectivity index (χ3n) is 4.23. The first-order valence-corrected chi connectivity index (χ1v) is 8.97. The molecule has 130 valence electrons. The minimum atomic E-state index is -0.0929. The van der Waals surface area contributed by atoms with E-state index in [0.29, 0.717) is 0 Å². The summed E-state index contributed by atoms with van der Waals surface area (Å²) in [5, 5.41) is 9.01. The van der Waals surface area contributed by atoms with Crippen LogP contribution in [0.25, 0.3) is 5.65 Å². The molecule has 0 amide bonds. The van der Waals surface area contributed by atoms with Gasteiger partial charge in [-0.2, -0.15) is 0 Å². The van der Waals surface area contributed by atoms with Crippen LogP contribution in [0, 0.1) is 0 Å². The number of nitrogens with zero attached hydrogens (tertiary/aromatic N) is 4. The van der Waals surface area contributed by atoms with Crippen LogP contribution >= 0.6 is 0 Å². The highest BCUT2D eigenvalue weighted by Crippen LogP contribution is 2.33. The van der Waals surface area contributed by atoms with Gasteiger partial charge in [0.15, 0.2) is 5.82 Å². The van der Waals surface area contributed by atoms with E-state index in [1.165, 1.54) is 18.4 Å². The van der Waals surface area contributed by atoms with E-state index in [2.05, 4.69) is 50.1 Å². The molecule has 0 aliphatic carbocycles. The van der Waals surface area contributed by atoms with Gasteiger partial charge in [0.05, 0.1) is 11.4 Å². The van der Waals surface area contributed by atoms with Gasteiger partial charge in [-0.1, -0.05) is 52.3 Å². The van der Waals surface area contributed by atoms with Crippen LogP contribution in [0.5, 0.6) is 0 Å². The molecule has 4 nitrogen and oxygen atoms in total. The highest BCUT2D eigenvalue weighted by Gasteiger charge is 2.23. The molecule has 0 fully saturated rings. The van der Waals surface area contributed by atoms with Crippen molar-refractivity contribution < 1.29 is 0 Å². The number of fused-ring (bicyclic) bond motifs is 1. The molecular formula is C21H26N4. The summed E-state index contributed by atoms with van der Waals surface area (Å²) in [6, 6.07) is 14.3. The fraction of sp³-hybridized carbons (Fsp3) is 0.381. The molecule has 3 rings (SSSR count). The van der Waals surface area contributed by atoms with Crippen molar-refractivity contribution in [1.29, 1.82) is 0 Å². The lowest BCUT2D eigenvalue weighted by Gasteiger charge is -2.15. The molecule has 0 spiro atoms. The average molecular weight is 334 g/mol. The number of hydrogen-bond acceptors (Lipinski definition) is 3. The number of pyridine rings is 1. The predicted molar refractivity (Wildman–Crippen MR) is 103 cm³/mol. The molecule has 2 heterocycles. The topological polar surface area (TPSA) is 42.0 Å². The van der Waals surface area contributed by atoms with Crippen LogP contribution in [0.3, 0.4) is 0 Å². The molecule has 0 N–H and O–H groups in total. The maximum absolute atomic E-state index is 4.75. The molecule has 0 saturated carbocycles. The normalized spacial score (nSPS) is 12.3. The van der Waals surface area contributed by atoms with E-state index in [4.69, 9.17) is 4.98 Å². The Morgan fingerprint density at radius 1 is 1.00 bits per heavy atom. The van der Waals surface area contributed by atoms with Crippen LogP contribution in [-0.4, -0.2) is 9.38 Å². The van der Waals surface area contributed by atoms with Crippen molar-refractivity contribution in [1.82, 2.24) is 9.38 Å². The molecule has 1 aromatic carbocycles. The first-order chi connectivity index (χ1) is 12.0. The quantitative estimate of drug-likeness (QED) is 0.498. The van der Waals surface area contributed by atoms with Gasteiger partial charge in [0.2, 0.25) is 0 Å². The van der Waals surface area contributed by atoms with Gasteiger partial charge in [0, 0.05) is 11.6 Å². The molecule has 4 heteroatoms. The van der Waals surface area contributed by atoms with Gasteiger partial charge in [-0.05, 0) is 42.7 Å². The lowest BCUT2D eigenvalue weighted by Crippen LogP contribution is -2.11. The Bertz CT molecular complexity index is 867. The number of rotatable bonds is 5. The molecule has 0 bridgehead atoms. The molecule has 25 heavy (non-hydrogen) atoms. The highest BCUT2D eigenvalue weighted by molar-refractivity contribution is 5.54. The first kappa shape index (κ1) is 17.3. The van der Waals surface area contributed by atoms with Crippen molar-refractivity contribution in [3.8, 4) is 0 Å². The molecule has 0 saturated heterocycles. The van der Waals surface area contributed by atoms with Crippen LogP contribution in [0.2, 0.25) is 0 Å². The monoisotopic (exact) mass is 334 g/mol.